The summed E-state index contributed by atoms with van der Waals surface area (Å²) in [6, 6.07) is 18.7. The van der Waals surface area contributed by atoms with E-state index in [0.717, 1.165) is 11.6 Å². The van der Waals surface area contributed by atoms with Crippen LogP contribution < -0.4 is 20.8 Å². The molecule has 1 heterocycles. The Bertz CT molecular complexity index is 1430. The standard InChI is InChI=1S/C26H20ClN3O4/c1-34-20-4-2-3-17(13-20)24(31)15-23-26(33)30-22-14-18(7-10-21(22)29-23)25(32)28-12-11-16-5-8-19(27)9-6-16/h2-10,13-15H,11-12H2,1H3,(H,28,32)/b23-15-. The fraction of sp³-hybridized carbons (Fsp3) is 0.115. The molecule has 0 saturated heterocycles. The lowest BCUT2D eigenvalue weighted by molar-refractivity contribution is -0.114. The summed E-state index contributed by atoms with van der Waals surface area (Å²) < 4.78 is 5.13. The van der Waals surface area contributed by atoms with E-state index >= 15 is 0 Å². The van der Waals surface area contributed by atoms with Gasteiger partial charge >= 0.3 is 0 Å². The molecule has 0 aliphatic carbocycles. The number of ether oxygens (including phenoxy) is 1. The number of carbonyl (C=O) groups excluding carboxylic acids is 3. The molecule has 3 aromatic rings. The number of amides is 2. The quantitative estimate of drug-likeness (QED) is 0.421. The maximum atomic E-state index is 12.6. The number of benzene rings is 3. The molecular weight excluding hydrogens is 454 g/mol. The first kappa shape index (κ1) is 23.1. The monoisotopic (exact) mass is 473 g/mol. The van der Waals surface area contributed by atoms with Crippen molar-refractivity contribution in [2.45, 2.75) is 6.42 Å². The second kappa shape index (κ2) is 10.2. The van der Waals surface area contributed by atoms with Crippen LogP contribution in [0.2, 0.25) is 5.02 Å². The van der Waals surface area contributed by atoms with Gasteiger partial charge in [0.2, 0.25) is 0 Å². The molecule has 1 aliphatic rings. The highest BCUT2D eigenvalue weighted by Gasteiger charge is 2.16. The van der Waals surface area contributed by atoms with Gasteiger partial charge in [-0.05, 0) is 54.4 Å². The number of hydrogen-bond donors (Lipinski definition) is 1. The molecule has 0 spiro atoms. The third-order valence-corrected chi connectivity index (χ3v) is 5.41. The molecule has 2 amide bonds. The smallest absolute Gasteiger partial charge is 0.296 e. The fourth-order valence-corrected chi connectivity index (χ4v) is 3.47. The van der Waals surface area contributed by atoms with E-state index in [0.29, 0.717) is 40.2 Å². The summed E-state index contributed by atoms with van der Waals surface area (Å²) in [5.74, 6) is -0.788. The number of nitrogens with one attached hydrogen (secondary N) is 1. The zero-order valence-electron chi connectivity index (χ0n) is 18.2. The van der Waals surface area contributed by atoms with Crippen molar-refractivity contribution < 1.29 is 19.1 Å². The molecule has 0 atom stereocenters. The van der Waals surface area contributed by atoms with E-state index in [4.69, 9.17) is 16.3 Å². The SMILES string of the molecule is COc1cccc(C(=O)/C=C2\N=c3ccc(C(=O)NCCc4ccc(Cl)cc4)cc3=NC2=O)c1. The van der Waals surface area contributed by atoms with E-state index in [-0.39, 0.29) is 22.7 Å². The molecule has 3 aromatic carbocycles. The van der Waals surface area contributed by atoms with Crippen LogP contribution in [0.1, 0.15) is 26.3 Å². The average molecular weight is 474 g/mol. The summed E-state index contributed by atoms with van der Waals surface area (Å²) in [6.07, 6.45) is 1.81. The van der Waals surface area contributed by atoms with Crippen molar-refractivity contribution in [3.05, 3.63) is 111 Å². The maximum absolute atomic E-state index is 12.6. The van der Waals surface area contributed by atoms with Gasteiger partial charge in [0.1, 0.15) is 11.4 Å². The summed E-state index contributed by atoms with van der Waals surface area (Å²) in [5, 5.41) is 4.19. The van der Waals surface area contributed by atoms with Crippen LogP contribution in [-0.2, 0) is 11.2 Å². The summed E-state index contributed by atoms with van der Waals surface area (Å²) in [6.45, 7) is 0.442. The first-order chi connectivity index (χ1) is 16.4. The Balaban J connectivity index is 1.48. The molecular formula is C26H20ClN3O4. The van der Waals surface area contributed by atoms with Crippen molar-refractivity contribution >= 4 is 29.2 Å². The number of allylic oxidation sites excluding steroid dienone is 1. The van der Waals surface area contributed by atoms with Gasteiger partial charge < -0.3 is 10.1 Å². The van der Waals surface area contributed by atoms with E-state index in [1.165, 1.54) is 13.2 Å². The molecule has 8 heteroatoms. The van der Waals surface area contributed by atoms with Gasteiger partial charge in [0.25, 0.3) is 11.8 Å². The van der Waals surface area contributed by atoms with E-state index in [9.17, 15) is 14.4 Å². The van der Waals surface area contributed by atoms with E-state index in [1.54, 1.807) is 48.5 Å². The fourth-order valence-electron chi connectivity index (χ4n) is 3.34. The third-order valence-electron chi connectivity index (χ3n) is 5.15. The molecule has 1 N–H and O–H groups in total. The summed E-state index contributed by atoms with van der Waals surface area (Å²) in [5.41, 5.74) is 1.71. The van der Waals surface area contributed by atoms with Crippen molar-refractivity contribution in [2.24, 2.45) is 9.98 Å². The van der Waals surface area contributed by atoms with Crippen LogP contribution in [0, 0.1) is 0 Å². The number of carbonyl (C=O) groups is 3. The molecule has 7 nitrogen and oxygen atoms in total. The molecule has 0 radical (unpaired) electrons. The van der Waals surface area contributed by atoms with Gasteiger partial charge in [-0.25, -0.2) is 9.98 Å². The van der Waals surface area contributed by atoms with Gasteiger partial charge in [0.15, 0.2) is 5.78 Å². The average Bonchev–Trinajstić information content (AvgIpc) is 2.85. The summed E-state index contributed by atoms with van der Waals surface area (Å²) in [7, 11) is 1.51. The third kappa shape index (κ3) is 5.44. The normalized spacial score (nSPS) is 13.5. The van der Waals surface area contributed by atoms with E-state index in [2.05, 4.69) is 15.3 Å². The number of rotatable bonds is 7. The number of ketones is 1. The van der Waals surface area contributed by atoms with Crippen LogP contribution >= 0.6 is 11.6 Å². The summed E-state index contributed by atoms with van der Waals surface area (Å²) >= 11 is 5.88. The van der Waals surface area contributed by atoms with Crippen molar-refractivity contribution in [3.8, 4) is 5.75 Å². The Labute approximate surface area is 200 Å². The minimum Gasteiger partial charge on any atom is -0.497 e. The van der Waals surface area contributed by atoms with Gasteiger partial charge in [-0.15, -0.1) is 0 Å². The summed E-state index contributed by atoms with van der Waals surface area (Å²) in [4.78, 5) is 45.8. The molecule has 170 valence electrons. The number of nitrogens with zero attached hydrogens (tertiary/aromatic N) is 2. The lowest BCUT2D eigenvalue weighted by atomic mass is 10.1. The van der Waals surface area contributed by atoms with Crippen molar-refractivity contribution in [1.29, 1.82) is 0 Å². The Morgan fingerprint density at radius 3 is 2.53 bits per heavy atom. The van der Waals surface area contributed by atoms with Gasteiger partial charge in [-0.3, -0.25) is 14.4 Å². The van der Waals surface area contributed by atoms with Crippen LogP contribution in [0.25, 0.3) is 0 Å². The predicted octanol–water partition coefficient (Wildman–Crippen LogP) is 2.87. The van der Waals surface area contributed by atoms with Crippen LogP contribution in [-0.4, -0.2) is 31.3 Å². The van der Waals surface area contributed by atoms with Gasteiger partial charge in [0, 0.05) is 28.8 Å². The second-order valence-corrected chi connectivity index (χ2v) is 7.93. The van der Waals surface area contributed by atoms with Gasteiger partial charge in [-0.2, -0.15) is 0 Å². The zero-order chi connectivity index (χ0) is 24.1. The zero-order valence-corrected chi connectivity index (χ0v) is 19.0. The molecule has 1 aliphatic heterocycles. The largest absolute Gasteiger partial charge is 0.497 e. The Morgan fingerprint density at radius 2 is 1.76 bits per heavy atom. The molecule has 0 unspecified atom stereocenters. The lowest BCUT2D eigenvalue weighted by Gasteiger charge is -2.07. The van der Waals surface area contributed by atoms with E-state index in [1.807, 2.05) is 12.1 Å². The predicted molar refractivity (Wildman–Crippen MR) is 127 cm³/mol. The first-order valence-corrected chi connectivity index (χ1v) is 10.9. The Morgan fingerprint density at radius 1 is 0.971 bits per heavy atom. The minimum atomic E-state index is -0.649. The lowest BCUT2D eigenvalue weighted by Crippen LogP contribution is -2.34. The number of fused-ring (bicyclic) bond motifs is 1. The topological polar surface area (TPSA) is 97.2 Å². The van der Waals surface area contributed by atoms with E-state index < -0.39 is 5.91 Å². The van der Waals surface area contributed by atoms with Crippen LogP contribution in [0.5, 0.6) is 5.75 Å². The van der Waals surface area contributed by atoms with Crippen molar-refractivity contribution in [2.75, 3.05) is 13.7 Å². The molecule has 0 aromatic heterocycles. The number of halogens is 1. The van der Waals surface area contributed by atoms with Gasteiger partial charge in [-0.1, -0.05) is 35.9 Å². The first-order valence-electron chi connectivity index (χ1n) is 10.5. The van der Waals surface area contributed by atoms with Crippen LogP contribution in [0.15, 0.2) is 88.5 Å². The Kier molecular flexibility index (Phi) is 6.94. The maximum Gasteiger partial charge on any atom is 0.296 e. The highest BCUT2D eigenvalue weighted by molar-refractivity contribution is 6.30. The van der Waals surface area contributed by atoms with Gasteiger partial charge in [0.05, 0.1) is 17.8 Å². The molecule has 34 heavy (non-hydrogen) atoms. The number of hydrogen-bond acceptors (Lipinski definition) is 5. The highest BCUT2D eigenvalue weighted by atomic mass is 35.5. The molecule has 4 rings (SSSR count). The number of methoxy groups -OCH3 is 1. The molecule has 0 saturated carbocycles. The molecule has 0 fully saturated rings. The van der Waals surface area contributed by atoms with Crippen LogP contribution in [0.4, 0.5) is 0 Å². The second-order valence-electron chi connectivity index (χ2n) is 7.49. The highest BCUT2D eigenvalue weighted by Crippen LogP contribution is 2.15. The minimum absolute atomic E-state index is 0.0690. The molecule has 0 bridgehead atoms. The van der Waals surface area contributed by atoms with Crippen molar-refractivity contribution in [3.63, 3.8) is 0 Å². The Hall–Kier alpha value is -4.10. The van der Waals surface area contributed by atoms with Crippen LogP contribution in [0.3, 0.4) is 0 Å². The van der Waals surface area contributed by atoms with Crippen molar-refractivity contribution in [1.82, 2.24) is 5.32 Å².